The van der Waals surface area contributed by atoms with E-state index in [1.54, 1.807) is 0 Å². The van der Waals surface area contributed by atoms with E-state index in [2.05, 4.69) is 17.4 Å². The van der Waals surface area contributed by atoms with E-state index in [-0.39, 0.29) is 11.8 Å². The molecule has 0 aromatic heterocycles. The van der Waals surface area contributed by atoms with E-state index in [9.17, 15) is 9.90 Å². The number of likely N-dealkylation sites (tertiary alicyclic amines) is 1. The number of amides is 1. The van der Waals surface area contributed by atoms with Crippen LogP contribution in [-0.2, 0) is 11.2 Å². The van der Waals surface area contributed by atoms with Crippen molar-refractivity contribution in [2.75, 3.05) is 25.0 Å². The fourth-order valence-corrected chi connectivity index (χ4v) is 3.52. The molecule has 4 rings (SSSR count). The molecule has 2 aliphatic heterocycles. The lowest BCUT2D eigenvalue weighted by Gasteiger charge is -2.48. The number of aliphatic hydroxyl groups is 1. The van der Waals surface area contributed by atoms with Gasteiger partial charge in [0.05, 0.1) is 19.0 Å². The molecule has 0 radical (unpaired) electrons. The Bertz CT molecular complexity index is 547. The SMILES string of the molecule is O=C(C1CNc2ccccc2C1)N1CC(O)(C2CC2)C1. The molecule has 4 heteroatoms. The quantitative estimate of drug-likeness (QED) is 0.852. The average molecular weight is 272 g/mol. The van der Waals surface area contributed by atoms with Gasteiger partial charge in [-0.2, -0.15) is 0 Å². The molecule has 1 aromatic rings. The number of β-amino-alcohol motifs (C(OH)–C–C–N with tert-alkyl or cyclic N) is 1. The first-order valence-electron chi connectivity index (χ1n) is 7.49. The normalized spacial score (nSPS) is 27.2. The maximum atomic E-state index is 12.5. The fraction of sp³-hybridized carbons (Fsp3) is 0.562. The third-order valence-corrected chi connectivity index (χ3v) is 4.95. The molecule has 1 unspecified atom stereocenters. The van der Waals surface area contributed by atoms with Crippen molar-refractivity contribution in [2.45, 2.75) is 24.9 Å². The third kappa shape index (κ3) is 1.90. The van der Waals surface area contributed by atoms with Gasteiger partial charge in [0.2, 0.25) is 5.91 Å². The number of hydrogen-bond acceptors (Lipinski definition) is 3. The highest BCUT2D eigenvalue weighted by atomic mass is 16.3. The molecule has 1 aromatic carbocycles. The van der Waals surface area contributed by atoms with Crippen molar-refractivity contribution in [1.29, 1.82) is 0 Å². The van der Waals surface area contributed by atoms with Crippen LogP contribution in [0.5, 0.6) is 0 Å². The van der Waals surface area contributed by atoms with E-state index < -0.39 is 5.60 Å². The second-order valence-electron chi connectivity index (χ2n) is 6.51. The van der Waals surface area contributed by atoms with Crippen LogP contribution in [0.2, 0.25) is 0 Å². The molecule has 0 bridgehead atoms. The van der Waals surface area contributed by atoms with Crippen LogP contribution in [-0.4, -0.2) is 41.1 Å². The predicted octanol–water partition coefficient (Wildman–Crippen LogP) is 1.25. The molecular weight excluding hydrogens is 252 g/mol. The number of nitrogens with zero attached hydrogens (tertiary/aromatic N) is 1. The van der Waals surface area contributed by atoms with E-state index in [1.165, 1.54) is 5.56 Å². The van der Waals surface area contributed by atoms with Crippen molar-refractivity contribution < 1.29 is 9.90 Å². The minimum atomic E-state index is -0.574. The molecule has 2 fully saturated rings. The van der Waals surface area contributed by atoms with E-state index in [1.807, 2.05) is 17.0 Å². The maximum absolute atomic E-state index is 12.5. The van der Waals surface area contributed by atoms with Crippen LogP contribution in [0.1, 0.15) is 18.4 Å². The van der Waals surface area contributed by atoms with Crippen LogP contribution in [0.25, 0.3) is 0 Å². The van der Waals surface area contributed by atoms with Crippen LogP contribution in [0.3, 0.4) is 0 Å². The predicted molar refractivity (Wildman–Crippen MR) is 76.4 cm³/mol. The standard InChI is InChI=1S/C16H20N2O2/c19-15(18-9-16(20,10-18)13-5-6-13)12-7-11-3-1-2-4-14(11)17-8-12/h1-4,12-13,17,20H,5-10H2. The number of hydrogen-bond donors (Lipinski definition) is 2. The van der Waals surface area contributed by atoms with Crippen LogP contribution in [0, 0.1) is 11.8 Å². The maximum Gasteiger partial charge on any atom is 0.228 e. The van der Waals surface area contributed by atoms with Gasteiger partial charge >= 0.3 is 0 Å². The number of fused-ring (bicyclic) bond motifs is 1. The Morgan fingerprint density at radius 2 is 2.05 bits per heavy atom. The summed E-state index contributed by atoms with van der Waals surface area (Å²) < 4.78 is 0. The Morgan fingerprint density at radius 1 is 1.30 bits per heavy atom. The van der Waals surface area contributed by atoms with Gasteiger partial charge in [-0.15, -0.1) is 0 Å². The second-order valence-corrected chi connectivity index (χ2v) is 6.51. The topological polar surface area (TPSA) is 52.6 Å². The number of nitrogens with one attached hydrogen (secondary N) is 1. The minimum absolute atomic E-state index is 0.00801. The number of carbonyl (C=O) groups is 1. The monoisotopic (exact) mass is 272 g/mol. The lowest BCUT2D eigenvalue weighted by molar-refractivity contribution is -0.163. The van der Waals surface area contributed by atoms with Crippen LogP contribution >= 0.6 is 0 Å². The molecule has 20 heavy (non-hydrogen) atoms. The molecule has 1 saturated carbocycles. The summed E-state index contributed by atoms with van der Waals surface area (Å²) in [4.78, 5) is 14.3. The summed E-state index contributed by atoms with van der Waals surface area (Å²) in [6.07, 6.45) is 3.05. The Labute approximate surface area is 118 Å². The molecule has 2 N–H and O–H groups in total. The van der Waals surface area contributed by atoms with Gasteiger partial charge < -0.3 is 15.3 Å². The van der Waals surface area contributed by atoms with E-state index in [4.69, 9.17) is 0 Å². The molecule has 2 heterocycles. The summed E-state index contributed by atoms with van der Waals surface area (Å²) in [5.41, 5.74) is 1.79. The third-order valence-electron chi connectivity index (χ3n) is 4.95. The van der Waals surface area contributed by atoms with Gasteiger partial charge in [0.25, 0.3) is 0 Å². The zero-order valence-corrected chi connectivity index (χ0v) is 11.5. The Balaban J connectivity index is 1.41. The largest absolute Gasteiger partial charge is 0.386 e. The van der Waals surface area contributed by atoms with Crippen molar-refractivity contribution in [1.82, 2.24) is 4.90 Å². The Kier molecular flexibility index (Phi) is 2.58. The van der Waals surface area contributed by atoms with Gasteiger partial charge in [-0.25, -0.2) is 0 Å². The summed E-state index contributed by atoms with van der Waals surface area (Å²) in [5, 5.41) is 13.7. The molecule has 1 atom stereocenters. The van der Waals surface area contributed by atoms with Crippen molar-refractivity contribution in [3.8, 4) is 0 Å². The van der Waals surface area contributed by atoms with Gasteiger partial charge in [-0.1, -0.05) is 18.2 Å². The van der Waals surface area contributed by atoms with Gasteiger partial charge in [0, 0.05) is 12.2 Å². The van der Waals surface area contributed by atoms with Gasteiger partial charge in [-0.3, -0.25) is 4.79 Å². The Morgan fingerprint density at radius 3 is 2.80 bits per heavy atom. The minimum Gasteiger partial charge on any atom is -0.386 e. The van der Waals surface area contributed by atoms with Crippen LogP contribution < -0.4 is 5.32 Å². The highest BCUT2D eigenvalue weighted by molar-refractivity contribution is 5.82. The molecular formula is C16H20N2O2. The highest BCUT2D eigenvalue weighted by Gasteiger charge is 2.53. The molecule has 0 spiro atoms. The average Bonchev–Trinajstić information content (AvgIpc) is 3.27. The first kappa shape index (κ1) is 12.2. The molecule has 1 amide bonds. The summed E-state index contributed by atoms with van der Waals surface area (Å²) in [7, 11) is 0. The van der Waals surface area contributed by atoms with Gasteiger partial charge in [0.1, 0.15) is 5.60 Å². The number of rotatable bonds is 2. The van der Waals surface area contributed by atoms with Gasteiger partial charge in [-0.05, 0) is 36.8 Å². The molecule has 106 valence electrons. The van der Waals surface area contributed by atoms with Crippen molar-refractivity contribution in [2.24, 2.45) is 11.8 Å². The smallest absolute Gasteiger partial charge is 0.228 e. The van der Waals surface area contributed by atoms with E-state index in [0.29, 0.717) is 25.6 Å². The zero-order valence-electron chi connectivity index (χ0n) is 11.5. The fourth-order valence-electron chi connectivity index (χ4n) is 3.52. The zero-order chi connectivity index (χ0) is 13.7. The van der Waals surface area contributed by atoms with Crippen molar-refractivity contribution in [3.05, 3.63) is 29.8 Å². The molecule has 4 nitrogen and oxygen atoms in total. The summed E-state index contributed by atoms with van der Waals surface area (Å²) in [6.45, 7) is 1.78. The summed E-state index contributed by atoms with van der Waals surface area (Å²) >= 11 is 0. The number of benzene rings is 1. The van der Waals surface area contributed by atoms with Crippen LogP contribution in [0.15, 0.2) is 24.3 Å². The lowest BCUT2D eigenvalue weighted by atomic mass is 9.85. The Hall–Kier alpha value is -1.55. The first-order valence-corrected chi connectivity index (χ1v) is 7.49. The summed E-state index contributed by atoms with van der Waals surface area (Å²) in [5.74, 6) is 0.641. The second kappa shape index (κ2) is 4.22. The van der Waals surface area contributed by atoms with Crippen LogP contribution in [0.4, 0.5) is 5.69 Å². The first-order chi connectivity index (χ1) is 9.66. The van der Waals surface area contributed by atoms with E-state index >= 15 is 0 Å². The number of anilines is 1. The van der Waals surface area contributed by atoms with Gasteiger partial charge in [0.15, 0.2) is 0 Å². The summed E-state index contributed by atoms with van der Waals surface area (Å²) in [6, 6.07) is 8.17. The molecule has 1 saturated heterocycles. The molecule has 3 aliphatic rings. The van der Waals surface area contributed by atoms with E-state index in [0.717, 1.165) is 24.9 Å². The molecule has 1 aliphatic carbocycles. The number of para-hydroxylation sites is 1. The lowest BCUT2D eigenvalue weighted by Crippen LogP contribution is -2.66. The highest BCUT2D eigenvalue weighted by Crippen LogP contribution is 2.45. The van der Waals surface area contributed by atoms with Crippen molar-refractivity contribution in [3.63, 3.8) is 0 Å². The van der Waals surface area contributed by atoms with Crippen molar-refractivity contribution >= 4 is 11.6 Å². The number of carbonyl (C=O) groups excluding carboxylic acids is 1.